The van der Waals surface area contributed by atoms with Gasteiger partial charge in [0.05, 0.1) is 25.8 Å². The Morgan fingerprint density at radius 2 is 1.75 bits per heavy atom. The molecule has 0 aliphatic carbocycles. The average Bonchev–Trinajstić information content (AvgIpc) is 2.90. The molecule has 1 aromatic carbocycles. The van der Waals surface area contributed by atoms with Crippen LogP contribution in [0.5, 0.6) is 11.5 Å². The van der Waals surface area contributed by atoms with Crippen LogP contribution in [-0.4, -0.2) is 20.8 Å². The fraction of sp³-hybridized carbons (Fsp3) is 0.375. The van der Waals surface area contributed by atoms with Gasteiger partial charge in [0.25, 0.3) is 0 Å². The van der Waals surface area contributed by atoms with E-state index in [2.05, 4.69) is 31.3 Å². The second-order valence-electron chi connectivity index (χ2n) is 4.52. The van der Waals surface area contributed by atoms with Crippen LogP contribution < -0.4 is 14.8 Å². The number of ether oxygens (including phenoxy) is 2. The lowest BCUT2D eigenvalue weighted by Gasteiger charge is -2.22. The maximum absolute atomic E-state index is 5.53. The molecule has 3 nitrogen and oxygen atoms in total. The minimum atomic E-state index is 0.0878. The molecular weight excluding hydrogens is 270 g/mol. The van der Waals surface area contributed by atoms with Gasteiger partial charge < -0.3 is 14.8 Å². The Balaban J connectivity index is 2.53. The number of hydrogen-bond acceptors (Lipinski definition) is 4. The summed E-state index contributed by atoms with van der Waals surface area (Å²) in [5.41, 5.74) is 1.06. The van der Waals surface area contributed by atoms with Crippen molar-refractivity contribution in [2.24, 2.45) is 0 Å². The van der Waals surface area contributed by atoms with Gasteiger partial charge >= 0.3 is 0 Å². The summed E-state index contributed by atoms with van der Waals surface area (Å²) >= 11 is 1.80. The van der Waals surface area contributed by atoms with Gasteiger partial charge in [0.1, 0.15) is 11.5 Å². The van der Waals surface area contributed by atoms with E-state index in [9.17, 15) is 0 Å². The first-order valence-corrected chi connectivity index (χ1v) is 7.53. The molecule has 0 radical (unpaired) electrons. The summed E-state index contributed by atoms with van der Waals surface area (Å²) in [6.45, 7) is 5.11. The average molecular weight is 291 g/mol. The van der Waals surface area contributed by atoms with Crippen molar-refractivity contribution >= 4 is 11.3 Å². The molecule has 1 heterocycles. The van der Waals surface area contributed by atoms with E-state index in [1.54, 1.807) is 25.6 Å². The molecule has 1 unspecified atom stereocenters. The number of nitrogens with one attached hydrogen (secondary N) is 1. The van der Waals surface area contributed by atoms with Gasteiger partial charge in [-0.15, -0.1) is 11.3 Å². The zero-order valence-corrected chi connectivity index (χ0v) is 13.2. The quantitative estimate of drug-likeness (QED) is 0.878. The Morgan fingerprint density at radius 3 is 2.20 bits per heavy atom. The van der Waals surface area contributed by atoms with E-state index in [1.807, 2.05) is 18.2 Å². The third kappa shape index (κ3) is 2.97. The summed E-state index contributed by atoms with van der Waals surface area (Å²) < 4.78 is 11.1. The molecule has 0 bridgehead atoms. The lowest BCUT2D eigenvalue weighted by molar-refractivity contribution is 0.378. The molecule has 20 heavy (non-hydrogen) atoms. The second kappa shape index (κ2) is 6.77. The molecule has 1 aromatic heterocycles. The molecule has 0 aliphatic heterocycles. The van der Waals surface area contributed by atoms with Crippen molar-refractivity contribution in [1.82, 2.24) is 5.32 Å². The maximum Gasteiger partial charge on any atom is 0.127 e. The summed E-state index contributed by atoms with van der Waals surface area (Å²) in [6, 6.07) is 10.3. The van der Waals surface area contributed by atoms with Crippen LogP contribution in [0.15, 0.2) is 30.3 Å². The Hall–Kier alpha value is -1.52. The third-order valence-electron chi connectivity index (χ3n) is 3.21. The van der Waals surface area contributed by atoms with Crippen molar-refractivity contribution in [3.05, 3.63) is 45.6 Å². The highest BCUT2D eigenvalue weighted by Gasteiger charge is 2.23. The standard InChI is InChI=1S/C16H21NO2S/c1-5-17-16(14-10-9-11(2)20-14)15-12(18-3)7-6-8-13(15)19-4/h6-10,16-17H,5H2,1-4H3. The molecule has 1 atom stereocenters. The fourth-order valence-corrected chi connectivity index (χ4v) is 3.28. The van der Waals surface area contributed by atoms with Crippen LogP contribution in [0.3, 0.4) is 0 Å². The summed E-state index contributed by atoms with van der Waals surface area (Å²) in [4.78, 5) is 2.57. The van der Waals surface area contributed by atoms with E-state index in [-0.39, 0.29) is 6.04 Å². The number of hydrogen-bond donors (Lipinski definition) is 1. The van der Waals surface area contributed by atoms with Crippen molar-refractivity contribution in [2.45, 2.75) is 19.9 Å². The molecule has 0 amide bonds. The summed E-state index contributed by atoms with van der Waals surface area (Å²) in [5, 5.41) is 3.53. The molecule has 2 rings (SSSR count). The monoisotopic (exact) mass is 291 g/mol. The van der Waals surface area contributed by atoms with Gasteiger partial charge in [0.2, 0.25) is 0 Å². The molecule has 108 valence electrons. The predicted octanol–water partition coefficient (Wildman–Crippen LogP) is 3.77. The van der Waals surface area contributed by atoms with Gasteiger partial charge in [-0.1, -0.05) is 13.0 Å². The van der Waals surface area contributed by atoms with E-state index in [4.69, 9.17) is 9.47 Å². The second-order valence-corrected chi connectivity index (χ2v) is 5.83. The third-order valence-corrected chi connectivity index (χ3v) is 4.27. The van der Waals surface area contributed by atoms with Gasteiger partial charge in [-0.25, -0.2) is 0 Å². The first-order valence-electron chi connectivity index (χ1n) is 6.71. The van der Waals surface area contributed by atoms with Crippen LogP contribution in [0.2, 0.25) is 0 Å². The van der Waals surface area contributed by atoms with Crippen molar-refractivity contribution in [3.8, 4) is 11.5 Å². The summed E-state index contributed by atoms with van der Waals surface area (Å²) in [5.74, 6) is 1.70. The van der Waals surface area contributed by atoms with Crippen LogP contribution in [0.1, 0.15) is 28.3 Å². The first-order chi connectivity index (χ1) is 9.71. The normalized spacial score (nSPS) is 12.2. The van der Waals surface area contributed by atoms with Crippen LogP contribution >= 0.6 is 11.3 Å². The Labute approximate surface area is 124 Å². The molecular formula is C16H21NO2S. The molecule has 4 heteroatoms. The van der Waals surface area contributed by atoms with Crippen LogP contribution in [-0.2, 0) is 0 Å². The molecule has 0 spiro atoms. The highest BCUT2D eigenvalue weighted by molar-refractivity contribution is 7.12. The molecule has 0 saturated carbocycles. The number of benzene rings is 1. The molecule has 1 N–H and O–H groups in total. The highest BCUT2D eigenvalue weighted by Crippen LogP contribution is 2.39. The Morgan fingerprint density at radius 1 is 1.10 bits per heavy atom. The van der Waals surface area contributed by atoms with E-state index in [0.29, 0.717) is 0 Å². The van der Waals surface area contributed by atoms with Gasteiger partial charge in [0, 0.05) is 9.75 Å². The Kier molecular flexibility index (Phi) is 5.04. The lowest BCUT2D eigenvalue weighted by atomic mass is 10.0. The molecule has 0 aliphatic rings. The Bertz CT molecular complexity index is 543. The largest absolute Gasteiger partial charge is 0.496 e. The van der Waals surface area contributed by atoms with Gasteiger partial charge in [-0.2, -0.15) is 0 Å². The van der Waals surface area contributed by atoms with Crippen molar-refractivity contribution in [2.75, 3.05) is 20.8 Å². The van der Waals surface area contributed by atoms with Crippen LogP contribution in [0.25, 0.3) is 0 Å². The van der Waals surface area contributed by atoms with Crippen molar-refractivity contribution in [3.63, 3.8) is 0 Å². The lowest BCUT2D eigenvalue weighted by Crippen LogP contribution is -2.22. The SMILES string of the molecule is CCNC(c1ccc(C)s1)c1c(OC)cccc1OC. The fourth-order valence-electron chi connectivity index (χ4n) is 2.32. The van der Waals surface area contributed by atoms with Crippen LogP contribution in [0, 0.1) is 6.92 Å². The molecule has 0 fully saturated rings. The van der Waals surface area contributed by atoms with E-state index in [1.165, 1.54) is 9.75 Å². The number of methoxy groups -OCH3 is 2. The summed E-state index contributed by atoms with van der Waals surface area (Å²) in [7, 11) is 3.39. The van der Waals surface area contributed by atoms with Crippen molar-refractivity contribution in [1.29, 1.82) is 0 Å². The molecule has 2 aromatic rings. The number of rotatable bonds is 6. The van der Waals surface area contributed by atoms with E-state index >= 15 is 0 Å². The smallest absolute Gasteiger partial charge is 0.127 e. The maximum atomic E-state index is 5.53. The predicted molar refractivity (Wildman–Crippen MR) is 84.1 cm³/mol. The minimum Gasteiger partial charge on any atom is -0.496 e. The van der Waals surface area contributed by atoms with Crippen molar-refractivity contribution < 1.29 is 9.47 Å². The number of thiophene rings is 1. The zero-order valence-electron chi connectivity index (χ0n) is 12.4. The minimum absolute atomic E-state index is 0.0878. The van der Waals surface area contributed by atoms with Crippen LogP contribution in [0.4, 0.5) is 0 Å². The van der Waals surface area contributed by atoms with Gasteiger partial charge in [0.15, 0.2) is 0 Å². The van der Waals surface area contributed by atoms with Gasteiger partial charge in [-0.05, 0) is 37.7 Å². The highest BCUT2D eigenvalue weighted by atomic mass is 32.1. The summed E-state index contributed by atoms with van der Waals surface area (Å²) in [6.07, 6.45) is 0. The zero-order chi connectivity index (χ0) is 14.5. The van der Waals surface area contributed by atoms with Gasteiger partial charge in [-0.3, -0.25) is 0 Å². The number of aryl methyl sites for hydroxylation is 1. The van der Waals surface area contributed by atoms with E-state index in [0.717, 1.165) is 23.6 Å². The molecule has 0 saturated heterocycles. The topological polar surface area (TPSA) is 30.5 Å². The van der Waals surface area contributed by atoms with E-state index < -0.39 is 0 Å². The first kappa shape index (κ1) is 14.9.